The summed E-state index contributed by atoms with van der Waals surface area (Å²) >= 11 is 0. The van der Waals surface area contributed by atoms with Gasteiger partial charge in [-0.1, -0.05) is 6.07 Å². The summed E-state index contributed by atoms with van der Waals surface area (Å²) in [6.07, 6.45) is 2.08. The first kappa shape index (κ1) is 25.8. The summed E-state index contributed by atoms with van der Waals surface area (Å²) in [6.45, 7) is 3.88. The Labute approximate surface area is 201 Å². The van der Waals surface area contributed by atoms with E-state index in [0.717, 1.165) is 18.4 Å². The average molecular weight is 477 g/mol. The maximum Gasteiger partial charge on any atom is 0.310 e. The van der Waals surface area contributed by atoms with Gasteiger partial charge >= 0.3 is 5.97 Å². The van der Waals surface area contributed by atoms with E-state index < -0.39 is 0 Å². The number of rotatable bonds is 8. The molecule has 3 atom stereocenters. The van der Waals surface area contributed by atoms with Crippen molar-refractivity contribution in [2.24, 2.45) is 11.8 Å². The molecule has 3 rings (SSSR count). The monoisotopic (exact) mass is 476 g/mol. The topological polar surface area (TPSA) is 94.6 Å². The van der Waals surface area contributed by atoms with Crippen LogP contribution in [-0.2, 0) is 23.9 Å². The van der Waals surface area contributed by atoms with Crippen molar-refractivity contribution in [2.75, 3.05) is 60.7 Å². The minimum atomic E-state index is -0.367. The molecule has 0 bridgehead atoms. The summed E-state index contributed by atoms with van der Waals surface area (Å²) in [5.41, 5.74) is 0.980. The van der Waals surface area contributed by atoms with Crippen LogP contribution < -0.4 is 9.47 Å². The van der Waals surface area contributed by atoms with Crippen LogP contribution in [0.5, 0.6) is 11.5 Å². The second-order valence-electron chi connectivity index (χ2n) is 8.85. The summed E-state index contributed by atoms with van der Waals surface area (Å²) in [4.78, 5) is 42.0. The Morgan fingerprint density at radius 2 is 1.71 bits per heavy atom. The zero-order valence-corrected chi connectivity index (χ0v) is 20.6. The van der Waals surface area contributed by atoms with E-state index in [9.17, 15) is 14.4 Å². The summed E-state index contributed by atoms with van der Waals surface area (Å²) in [5.74, 6) is 0.111. The number of benzene rings is 1. The number of likely N-dealkylation sites (tertiary alicyclic amines) is 2. The number of hydrogen-bond donors (Lipinski definition) is 0. The van der Waals surface area contributed by atoms with Gasteiger partial charge in [0.2, 0.25) is 11.8 Å². The predicted molar refractivity (Wildman–Crippen MR) is 125 cm³/mol. The molecule has 1 aromatic carbocycles. The minimum Gasteiger partial charge on any atom is -0.493 e. The maximum absolute atomic E-state index is 13.6. The molecule has 0 spiro atoms. The summed E-state index contributed by atoms with van der Waals surface area (Å²) in [5, 5.41) is 0. The van der Waals surface area contributed by atoms with E-state index in [1.807, 2.05) is 18.2 Å². The maximum atomic E-state index is 13.6. The third-order valence-electron chi connectivity index (χ3n) is 6.65. The third-order valence-corrected chi connectivity index (χ3v) is 6.65. The smallest absolute Gasteiger partial charge is 0.310 e. The number of carbonyl (C=O) groups excluding carboxylic acids is 3. The van der Waals surface area contributed by atoms with Crippen molar-refractivity contribution in [1.82, 2.24) is 9.80 Å². The second-order valence-corrected chi connectivity index (χ2v) is 8.85. The second kappa shape index (κ2) is 12.1. The standard InChI is InChI=1S/C25H36N2O7/c1-5-34-25(30)18-7-6-10-26(13-18)24(29)20-11-19(14-27(15-20)23(28)16-31-2)17-8-9-21(32-3)22(12-17)33-4/h8-9,12,18-20H,5-7,10-11,13-16H2,1-4H3/t18-,19+,20+/m1/s1. The third kappa shape index (κ3) is 6.00. The van der Waals surface area contributed by atoms with Crippen molar-refractivity contribution in [3.05, 3.63) is 23.8 Å². The van der Waals surface area contributed by atoms with Crippen LogP contribution in [0.25, 0.3) is 0 Å². The first-order chi connectivity index (χ1) is 16.4. The van der Waals surface area contributed by atoms with Gasteiger partial charge in [0.05, 0.1) is 32.7 Å². The van der Waals surface area contributed by atoms with Crippen LogP contribution in [0.2, 0.25) is 0 Å². The van der Waals surface area contributed by atoms with Crippen molar-refractivity contribution in [1.29, 1.82) is 0 Å². The molecule has 9 nitrogen and oxygen atoms in total. The Morgan fingerprint density at radius 1 is 0.971 bits per heavy atom. The molecule has 0 aliphatic carbocycles. The molecule has 0 aromatic heterocycles. The Balaban J connectivity index is 1.81. The Bertz CT molecular complexity index is 875. The fourth-order valence-corrected chi connectivity index (χ4v) is 4.93. The van der Waals surface area contributed by atoms with Crippen LogP contribution in [0.15, 0.2) is 18.2 Å². The van der Waals surface area contributed by atoms with Gasteiger partial charge < -0.3 is 28.7 Å². The molecule has 0 saturated carbocycles. The number of amides is 2. The van der Waals surface area contributed by atoms with Crippen molar-refractivity contribution >= 4 is 17.8 Å². The Kier molecular flexibility index (Phi) is 9.15. The predicted octanol–water partition coefficient (Wildman–Crippen LogP) is 2.08. The fraction of sp³-hybridized carbons (Fsp3) is 0.640. The van der Waals surface area contributed by atoms with E-state index in [0.29, 0.717) is 50.7 Å². The van der Waals surface area contributed by atoms with Crippen LogP contribution in [-0.4, -0.2) is 88.3 Å². The van der Waals surface area contributed by atoms with Gasteiger partial charge in [-0.05, 0) is 43.9 Å². The number of esters is 1. The highest BCUT2D eigenvalue weighted by Gasteiger charge is 2.38. The highest BCUT2D eigenvalue weighted by molar-refractivity contribution is 5.83. The van der Waals surface area contributed by atoms with Crippen LogP contribution in [0.3, 0.4) is 0 Å². The van der Waals surface area contributed by atoms with Gasteiger partial charge in [0, 0.05) is 39.2 Å². The van der Waals surface area contributed by atoms with Crippen molar-refractivity contribution in [3.8, 4) is 11.5 Å². The number of hydrogen-bond acceptors (Lipinski definition) is 7. The van der Waals surface area contributed by atoms with Crippen LogP contribution in [0.1, 0.15) is 37.7 Å². The van der Waals surface area contributed by atoms with E-state index >= 15 is 0 Å². The molecule has 2 amide bonds. The van der Waals surface area contributed by atoms with Crippen molar-refractivity contribution in [2.45, 2.75) is 32.1 Å². The van der Waals surface area contributed by atoms with Gasteiger partial charge in [-0.25, -0.2) is 0 Å². The largest absolute Gasteiger partial charge is 0.493 e. The minimum absolute atomic E-state index is 0.0191. The normalized spacial score (nSPS) is 22.8. The Hall–Kier alpha value is -2.81. The summed E-state index contributed by atoms with van der Waals surface area (Å²) in [7, 11) is 4.65. The molecule has 1 aromatic rings. The van der Waals surface area contributed by atoms with E-state index in [1.54, 1.807) is 30.9 Å². The number of ether oxygens (including phenoxy) is 4. The van der Waals surface area contributed by atoms with Crippen molar-refractivity contribution < 1.29 is 33.3 Å². The quantitative estimate of drug-likeness (QED) is 0.530. The highest BCUT2D eigenvalue weighted by atomic mass is 16.5. The molecule has 0 radical (unpaired) electrons. The van der Waals surface area contributed by atoms with Gasteiger partial charge in [-0.2, -0.15) is 0 Å². The molecule has 2 aliphatic rings. The molecule has 2 aliphatic heterocycles. The zero-order valence-electron chi connectivity index (χ0n) is 20.6. The summed E-state index contributed by atoms with van der Waals surface area (Å²) in [6, 6.07) is 5.71. The van der Waals surface area contributed by atoms with Gasteiger partial charge in [0.1, 0.15) is 6.61 Å². The van der Waals surface area contributed by atoms with E-state index in [1.165, 1.54) is 7.11 Å². The SMILES string of the molecule is CCOC(=O)[C@@H]1CCCN(C(=O)[C@H]2C[C@H](c3ccc(OC)c(OC)c3)CN(C(=O)COC)C2)C1. The molecule has 2 saturated heterocycles. The average Bonchev–Trinajstić information content (AvgIpc) is 2.87. The molecule has 2 heterocycles. The van der Waals surface area contributed by atoms with Gasteiger partial charge in [-0.15, -0.1) is 0 Å². The Morgan fingerprint density at radius 3 is 2.38 bits per heavy atom. The molecule has 9 heteroatoms. The molecule has 188 valence electrons. The lowest BCUT2D eigenvalue weighted by Gasteiger charge is -2.40. The van der Waals surface area contributed by atoms with Crippen molar-refractivity contribution in [3.63, 3.8) is 0 Å². The fourth-order valence-electron chi connectivity index (χ4n) is 4.93. The molecule has 0 unspecified atom stereocenters. The van der Waals surface area contributed by atoms with Crippen LogP contribution in [0, 0.1) is 11.8 Å². The molecular weight excluding hydrogens is 440 g/mol. The van der Waals surface area contributed by atoms with Crippen LogP contribution in [0.4, 0.5) is 0 Å². The molecular formula is C25H36N2O7. The van der Waals surface area contributed by atoms with E-state index in [4.69, 9.17) is 18.9 Å². The first-order valence-electron chi connectivity index (χ1n) is 11.9. The lowest BCUT2D eigenvalue weighted by molar-refractivity contribution is -0.152. The van der Waals surface area contributed by atoms with E-state index in [2.05, 4.69) is 0 Å². The van der Waals surface area contributed by atoms with Gasteiger partial charge in [0.25, 0.3) is 0 Å². The lowest BCUT2D eigenvalue weighted by Crippen LogP contribution is -2.52. The summed E-state index contributed by atoms with van der Waals surface area (Å²) < 4.78 is 21.1. The first-order valence-corrected chi connectivity index (χ1v) is 11.9. The highest BCUT2D eigenvalue weighted by Crippen LogP contribution is 2.36. The van der Waals surface area contributed by atoms with E-state index in [-0.39, 0.29) is 42.1 Å². The molecule has 34 heavy (non-hydrogen) atoms. The number of nitrogens with zero attached hydrogens (tertiary/aromatic N) is 2. The van der Waals surface area contributed by atoms with Gasteiger partial charge in [-0.3, -0.25) is 14.4 Å². The number of methoxy groups -OCH3 is 3. The molecule has 0 N–H and O–H groups in total. The van der Waals surface area contributed by atoms with Gasteiger partial charge in [0.15, 0.2) is 11.5 Å². The number of piperidine rings is 2. The molecule has 2 fully saturated rings. The van der Waals surface area contributed by atoms with Crippen LogP contribution >= 0.6 is 0 Å². The zero-order chi connectivity index (χ0) is 24.7. The lowest BCUT2D eigenvalue weighted by atomic mass is 9.83. The number of carbonyl (C=O) groups is 3.